The maximum atomic E-state index is 12.6. The van der Waals surface area contributed by atoms with Gasteiger partial charge >= 0.3 is 13.1 Å². The highest BCUT2D eigenvalue weighted by atomic mass is 16.7. The van der Waals surface area contributed by atoms with E-state index in [1.807, 2.05) is 54.5 Å². The van der Waals surface area contributed by atoms with Crippen molar-refractivity contribution in [2.75, 3.05) is 6.61 Å². The molecule has 1 saturated heterocycles. The molecule has 136 valence electrons. The Balaban J connectivity index is 3.35. The van der Waals surface area contributed by atoms with Crippen molar-refractivity contribution in [3.8, 4) is 0 Å². The van der Waals surface area contributed by atoms with E-state index in [1.165, 1.54) is 0 Å². The molecule has 0 radical (unpaired) electrons. The summed E-state index contributed by atoms with van der Waals surface area (Å²) in [7, 11) is -0.528. The molecule has 0 amide bonds. The highest BCUT2D eigenvalue weighted by molar-refractivity contribution is 6.55. The van der Waals surface area contributed by atoms with Gasteiger partial charge in [0.1, 0.15) is 0 Å². The van der Waals surface area contributed by atoms with Gasteiger partial charge in [-0.05, 0) is 66.3 Å². The van der Waals surface area contributed by atoms with Crippen LogP contribution in [0.1, 0.15) is 68.7 Å². The van der Waals surface area contributed by atoms with Gasteiger partial charge in [-0.2, -0.15) is 0 Å². The van der Waals surface area contributed by atoms with Crippen LogP contribution in [0, 0.1) is 5.92 Å². The fraction of sp³-hybridized carbons (Fsp3) is 0.737. The molecule has 0 aromatic heterocycles. The topological polar surface area (TPSA) is 44.8 Å². The minimum atomic E-state index is -0.528. The zero-order chi connectivity index (χ0) is 18.7. The molecule has 0 spiro atoms. The first kappa shape index (κ1) is 21.0. The van der Waals surface area contributed by atoms with Crippen LogP contribution >= 0.6 is 0 Å². The van der Waals surface area contributed by atoms with Crippen LogP contribution in [0.15, 0.2) is 22.7 Å². The normalized spacial score (nSPS) is 20.0. The number of hydrogen-bond donors (Lipinski definition) is 0. The molecule has 0 N–H and O–H groups in total. The van der Waals surface area contributed by atoms with Crippen molar-refractivity contribution in [3.05, 3.63) is 22.7 Å². The lowest BCUT2D eigenvalue weighted by Crippen LogP contribution is -2.41. The largest absolute Gasteiger partial charge is 0.491 e. The molecule has 0 aromatic carbocycles. The second kappa shape index (κ2) is 7.88. The first-order valence-electron chi connectivity index (χ1n) is 8.82. The van der Waals surface area contributed by atoms with Crippen LogP contribution in [0.3, 0.4) is 0 Å². The summed E-state index contributed by atoms with van der Waals surface area (Å²) in [6, 6.07) is 0. The maximum absolute atomic E-state index is 12.6. The van der Waals surface area contributed by atoms with Gasteiger partial charge < -0.3 is 14.0 Å². The van der Waals surface area contributed by atoms with E-state index >= 15 is 0 Å². The molecule has 0 aromatic rings. The summed E-state index contributed by atoms with van der Waals surface area (Å²) in [5.41, 5.74) is 1.81. The smallest absolute Gasteiger partial charge is 0.463 e. The van der Waals surface area contributed by atoms with Gasteiger partial charge in [0.05, 0.1) is 17.8 Å². The quantitative estimate of drug-likeness (QED) is 0.310. The van der Waals surface area contributed by atoms with Gasteiger partial charge in [0, 0.05) is 5.57 Å². The fourth-order valence-electron chi connectivity index (χ4n) is 2.58. The molecular formula is C19H33BO4. The van der Waals surface area contributed by atoms with E-state index in [-0.39, 0.29) is 11.9 Å². The number of ether oxygens (including phenoxy) is 1. The van der Waals surface area contributed by atoms with Gasteiger partial charge in [0.25, 0.3) is 0 Å². The van der Waals surface area contributed by atoms with Gasteiger partial charge in [-0.25, -0.2) is 4.79 Å². The zero-order valence-corrected chi connectivity index (χ0v) is 16.8. The third kappa shape index (κ3) is 4.73. The number of hydrogen-bond acceptors (Lipinski definition) is 4. The Labute approximate surface area is 147 Å². The third-order valence-electron chi connectivity index (χ3n) is 4.71. The molecular weight excluding hydrogens is 303 g/mol. The number of allylic oxidation sites excluding steroid dienone is 3. The summed E-state index contributed by atoms with van der Waals surface area (Å²) in [6.07, 6.45) is 2.57. The van der Waals surface area contributed by atoms with E-state index in [1.54, 1.807) is 0 Å². The predicted molar refractivity (Wildman–Crippen MR) is 98.6 cm³/mol. The molecule has 1 fully saturated rings. The van der Waals surface area contributed by atoms with Crippen LogP contribution < -0.4 is 0 Å². The highest BCUT2D eigenvalue weighted by Crippen LogP contribution is 2.41. The van der Waals surface area contributed by atoms with E-state index in [0.29, 0.717) is 18.6 Å². The number of rotatable bonds is 6. The lowest BCUT2D eigenvalue weighted by Gasteiger charge is -2.32. The first-order valence-corrected chi connectivity index (χ1v) is 8.82. The molecule has 1 heterocycles. The monoisotopic (exact) mass is 336 g/mol. The lowest BCUT2D eigenvalue weighted by atomic mass is 9.68. The van der Waals surface area contributed by atoms with E-state index < -0.39 is 18.3 Å². The van der Waals surface area contributed by atoms with Gasteiger partial charge in [0.15, 0.2) is 0 Å². The van der Waals surface area contributed by atoms with Gasteiger partial charge in [-0.3, -0.25) is 0 Å². The van der Waals surface area contributed by atoms with Crippen molar-refractivity contribution >= 4 is 13.1 Å². The van der Waals surface area contributed by atoms with Crippen molar-refractivity contribution in [2.45, 2.75) is 79.9 Å². The Bertz CT molecular complexity index is 509. The zero-order valence-electron chi connectivity index (χ0n) is 16.8. The number of carbonyl (C=O) groups excluding carboxylic acids is 1. The van der Waals surface area contributed by atoms with Gasteiger partial charge in [-0.1, -0.05) is 25.5 Å². The minimum absolute atomic E-state index is 0.115. The van der Waals surface area contributed by atoms with Crippen molar-refractivity contribution < 1.29 is 18.8 Å². The van der Waals surface area contributed by atoms with Crippen molar-refractivity contribution in [3.63, 3.8) is 0 Å². The second-order valence-electron chi connectivity index (χ2n) is 7.88. The Kier molecular flexibility index (Phi) is 6.89. The van der Waals surface area contributed by atoms with Crippen LogP contribution in [0.25, 0.3) is 0 Å². The molecule has 0 aliphatic carbocycles. The standard InChI is InChI=1S/C19H33BO4/c1-10-22-17(21)15(12-11-13(2)3)16(14(4)5)20-23-18(6,7)19(8,9)24-20/h11,14H,10,12H2,1-9H3/b16-15+. The van der Waals surface area contributed by atoms with Gasteiger partial charge in [0.2, 0.25) is 0 Å². The molecule has 0 saturated carbocycles. The Morgan fingerprint density at radius 2 is 1.62 bits per heavy atom. The van der Waals surface area contributed by atoms with Crippen LogP contribution in [0.4, 0.5) is 0 Å². The van der Waals surface area contributed by atoms with Crippen LogP contribution in [-0.4, -0.2) is 30.9 Å². The molecule has 1 rings (SSSR count). The van der Waals surface area contributed by atoms with E-state index in [9.17, 15) is 4.79 Å². The second-order valence-corrected chi connectivity index (χ2v) is 7.88. The fourth-order valence-corrected chi connectivity index (χ4v) is 2.58. The van der Waals surface area contributed by atoms with Crippen molar-refractivity contribution in [2.24, 2.45) is 5.92 Å². The minimum Gasteiger partial charge on any atom is -0.463 e. The van der Waals surface area contributed by atoms with Crippen LogP contribution in [0.2, 0.25) is 0 Å². The van der Waals surface area contributed by atoms with E-state index in [0.717, 1.165) is 11.0 Å². The van der Waals surface area contributed by atoms with Crippen LogP contribution in [-0.2, 0) is 18.8 Å². The molecule has 0 atom stereocenters. The molecule has 0 unspecified atom stereocenters. The number of esters is 1. The average molecular weight is 336 g/mol. The Hall–Kier alpha value is -1.07. The average Bonchev–Trinajstić information content (AvgIpc) is 2.62. The summed E-state index contributed by atoms with van der Waals surface area (Å²) in [4.78, 5) is 12.6. The summed E-state index contributed by atoms with van der Waals surface area (Å²) in [5.74, 6) is -0.168. The summed E-state index contributed by atoms with van der Waals surface area (Å²) < 4.78 is 17.7. The molecule has 0 bridgehead atoms. The SMILES string of the molecule is CCOC(=O)/C(CC=C(C)C)=C(/B1OC(C)(C)C(C)(C)O1)C(C)C. The molecule has 1 aliphatic rings. The molecule has 4 nitrogen and oxygen atoms in total. The summed E-state index contributed by atoms with van der Waals surface area (Å²) in [5, 5.41) is 0. The van der Waals surface area contributed by atoms with E-state index in [4.69, 9.17) is 14.0 Å². The highest BCUT2D eigenvalue weighted by Gasteiger charge is 2.53. The number of carbonyl (C=O) groups is 1. The molecule has 5 heteroatoms. The third-order valence-corrected chi connectivity index (χ3v) is 4.71. The van der Waals surface area contributed by atoms with Crippen molar-refractivity contribution in [1.82, 2.24) is 0 Å². The summed E-state index contributed by atoms with van der Waals surface area (Å²) >= 11 is 0. The lowest BCUT2D eigenvalue weighted by molar-refractivity contribution is -0.138. The molecule has 24 heavy (non-hydrogen) atoms. The van der Waals surface area contributed by atoms with Gasteiger partial charge in [-0.15, -0.1) is 0 Å². The summed E-state index contributed by atoms with van der Waals surface area (Å²) in [6.45, 7) is 18.4. The first-order chi connectivity index (χ1) is 10.9. The molecule has 1 aliphatic heterocycles. The van der Waals surface area contributed by atoms with Crippen molar-refractivity contribution in [1.29, 1.82) is 0 Å². The predicted octanol–water partition coefficient (Wildman–Crippen LogP) is 4.49. The Morgan fingerprint density at radius 3 is 2.00 bits per heavy atom. The van der Waals surface area contributed by atoms with Crippen LogP contribution in [0.5, 0.6) is 0 Å². The Morgan fingerprint density at radius 1 is 1.12 bits per heavy atom. The van der Waals surface area contributed by atoms with E-state index in [2.05, 4.69) is 13.8 Å². The maximum Gasteiger partial charge on any atom is 0.491 e.